The molecular formula is C14H10N4OS2. The molecule has 0 unspecified atom stereocenters. The van der Waals surface area contributed by atoms with Gasteiger partial charge in [-0.05, 0) is 24.3 Å². The number of anilines is 1. The van der Waals surface area contributed by atoms with Gasteiger partial charge in [0.2, 0.25) is 0 Å². The van der Waals surface area contributed by atoms with Crippen molar-refractivity contribution in [1.82, 2.24) is 9.97 Å². The lowest BCUT2D eigenvalue weighted by Gasteiger charge is -2.02. The molecule has 0 saturated heterocycles. The number of benzene rings is 1. The van der Waals surface area contributed by atoms with Crippen molar-refractivity contribution in [3.8, 4) is 0 Å². The molecule has 0 spiro atoms. The van der Waals surface area contributed by atoms with Crippen LogP contribution in [0.5, 0.6) is 0 Å². The van der Waals surface area contributed by atoms with Crippen LogP contribution in [0.25, 0.3) is 10.2 Å². The van der Waals surface area contributed by atoms with Gasteiger partial charge in [-0.2, -0.15) is 0 Å². The van der Waals surface area contributed by atoms with Crippen LogP contribution in [0.15, 0.2) is 42.6 Å². The van der Waals surface area contributed by atoms with Gasteiger partial charge in [0, 0.05) is 11.8 Å². The second-order valence-corrected chi connectivity index (χ2v) is 5.71. The molecule has 0 aliphatic carbocycles. The number of nitrogens with one attached hydrogen (secondary N) is 1. The molecule has 2 heterocycles. The van der Waals surface area contributed by atoms with Crippen LogP contribution in [0.2, 0.25) is 0 Å². The van der Waals surface area contributed by atoms with Gasteiger partial charge in [0.05, 0.1) is 10.2 Å². The zero-order valence-corrected chi connectivity index (χ0v) is 12.4. The summed E-state index contributed by atoms with van der Waals surface area (Å²) in [6.45, 7) is 0. The van der Waals surface area contributed by atoms with Crippen LogP contribution in [-0.4, -0.2) is 20.9 Å². The van der Waals surface area contributed by atoms with Crippen molar-refractivity contribution in [1.29, 1.82) is 0 Å². The smallest absolute Gasteiger partial charge is 0.276 e. The molecule has 7 heteroatoms. The first-order valence-electron chi connectivity index (χ1n) is 6.06. The Bertz CT molecular complexity index is 793. The van der Waals surface area contributed by atoms with E-state index in [0.29, 0.717) is 10.7 Å². The Hall–Kier alpha value is -2.38. The summed E-state index contributed by atoms with van der Waals surface area (Å²) < 4.78 is 1.02. The predicted molar refractivity (Wildman–Crippen MR) is 87.7 cm³/mol. The average molecular weight is 314 g/mol. The van der Waals surface area contributed by atoms with Crippen LogP contribution < -0.4 is 11.1 Å². The second kappa shape index (κ2) is 5.55. The lowest BCUT2D eigenvalue weighted by Crippen LogP contribution is -2.15. The number of carbonyl (C=O) groups is 1. The minimum Gasteiger partial charge on any atom is -0.389 e. The highest BCUT2D eigenvalue weighted by Crippen LogP contribution is 2.25. The van der Waals surface area contributed by atoms with Gasteiger partial charge in [0.15, 0.2) is 5.13 Å². The summed E-state index contributed by atoms with van der Waals surface area (Å²) in [4.78, 5) is 20.7. The minimum absolute atomic E-state index is 0.251. The van der Waals surface area contributed by atoms with E-state index in [9.17, 15) is 4.79 Å². The molecule has 0 aliphatic heterocycles. The van der Waals surface area contributed by atoms with Gasteiger partial charge < -0.3 is 5.73 Å². The topological polar surface area (TPSA) is 80.9 Å². The number of fused-ring (bicyclic) bond motifs is 1. The standard InChI is InChI=1S/C14H10N4OS2/c15-12(20)8-5-6-10(16-7-8)13(19)18-14-17-9-3-1-2-4-11(9)21-14/h1-7H,(H2,15,20)(H,17,18,19). The fourth-order valence-electron chi connectivity index (χ4n) is 1.76. The number of rotatable bonds is 3. The maximum atomic E-state index is 12.1. The molecular weight excluding hydrogens is 304 g/mol. The average Bonchev–Trinajstić information content (AvgIpc) is 2.89. The Kier molecular flexibility index (Phi) is 3.59. The third-order valence-corrected chi connectivity index (χ3v) is 3.98. The summed E-state index contributed by atoms with van der Waals surface area (Å²) in [5.41, 5.74) is 7.26. The normalized spacial score (nSPS) is 10.5. The van der Waals surface area contributed by atoms with Crippen molar-refractivity contribution in [3.63, 3.8) is 0 Å². The summed E-state index contributed by atoms with van der Waals surface area (Å²) in [5, 5.41) is 3.28. The van der Waals surface area contributed by atoms with Gasteiger partial charge >= 0.3 is 0 Å². The molecule has 21 heavy (non-hydrogen) atoms. The van der Waals surface area contributed by atoms with Crippen molar-refractivity contribution in [2.24, 2.45) is 5.73 Å². The maximum Gasteiger partial charge on any atom is 0.276 e. The molecule has 0 aliphatic rings. The summed E-state index contributed by atoms with van der Waals surface area (Å²) in [6.07, 6.45) is 1.48. The molecule has 3 N–H and O–H groups in total. The predicted octanol–water partition coefficient (Wildman–Crippen LogP) is 2.58. The largest absolute Gasteiger partial charge is 0.389 e. The summed E-state index contributed by atoms with van der Waals surface area (Å²) >= 11 is 6.26. The maximum absolute atomic E-state index is 12.1. The highest BCUT2D eigenvalue weighted by Gasteiger charge is 2.11. The van der Waals surface area contributed by atoms with E-state index in [1.165, 1.54) is 17.5 Å². The Morgan fingerprint density at radius 3 is 2.71 bits per heavy atom. The zero-order valence-electron chi connectivity index (χ0n) is 10.7. The number of thiocarbonyl (C=S) groups is 1. The van der Waals surface area contributed by atoms with E-state index >= 15 is 0 Å². The van der Waals surface area contributed by atoms with E-state index < -0.39 is 0 Å². The number of nitrogens with two attached hydrogens (primary N) is 1. The van der Waals surface area contributed by atoms with E-state index in [0.717, 1.165) is 10.2 Å². The van der Waals surface area contributed by atoms with Crippen molar-refractivity contribution in [2.75, 3.05) is 5.32 Å². The molecule has 0 atom stereocenters. The lowest BCUT2D eigenvalue weighted by molar-refractivity contribution is 0.102. The van der Waals surface area contributed by atoms with E-state index in [2.05, 4.69) is 15.3 Å². The van der Waals surface area contributed by atoms with Gasteiger partial charge in [-0.15, -0.1) is 0 Å². The highest BCUT2D eigenvalue weighted by atomic mass is 32.1. The number of amides is 1. The van der Waals surface area contributed by atoms with Crippen LogP contribution in [0.4, 0.5) is 5.13 Å². The quantitative estimate of drug-likeness (QED) is 0.726. The first kappa shape index (κ1) is 13.6. The second-order valence-electron chi connectivity index (χ2n) is 4.24. The van der Waals surface area contributed by atoms with E-state index in [1.54, 1.807) is 12.1 Å². The number of nitrogens with zero attached hydrogens (tertiary/aromatic N) is 2. The Morgan fingerprint density at radius 1 is 1.24 bits per heavy atom. The highest BCUT2D eigenvalue weighted by molar-refractivity contribution is 7.80. The number of hydrogen-bond donors (Lipinski definition) is 2. The number of para-hydroxylation sites is 1. The minimum atomic E-state index is -0.316. The Morgan fingerprint density at radius 2 is 2.05 bits per heavy atom. The van der Waals surface area contributed by atoms with Crippen molar-refractivity contribution < 1.29 is 4.79 Å². The number of aromatic nitrogens is 2. The van der Waals surface area contributed by atoms with Gasteiger partial charge in [-0.3, -0.25) is 15.1 Å². The number of hydrogen-bond acceptors (Lipinski definition) is 5. The van der Waals surface area contributed by atoms with Crippen LogP contribution in [0.3, 0.4) is 0 Å². The SMILES string of the molecule is NC(=S)c1ccc(C(=O)Nc2nc3ccccc3s2)nc1. The monoisotopic (exact) mass is 314 g/mol. The van der Waals surface area contributed by atoms with Crippen molar-refractivity contribution in [3.05, 3.63) is 53.9 Å². The summed E-state index contributed by atoms with van der Waals surface area (Å²) in [7, 11) is 0. The summed E-state index contributed by atoms with van der Waals surface area (Å²) in [5.74, 6) is -0.316. The fraction of sp³-hybridized carbons (Fsp3) is 0. The molecule has 2 aromatic heterocycles. The van der Waals surface area contributed by atoms with E-state index in [1.807, 2.05) is 24.3 Å². The van der Waals surface area contributed by atoms with Gasteiger partial charge in [0.1, 0.15) is 10.7 Å². The number of carbonyl (C=O) groups excluding carboxylic acids is 1. The fourth-order valence-corrected chi connectivity index (χ4v) is 2.74. The Balaban J connectivity index is 1.80. The first-order chi connectivity index (χ1) is 10.1. The lowest BCUT2D eigenvalue weighted by atomic mass is 10.2. The molecule has 0 saturated carbocycles. The van der Waals surface area contributed by atoms with Crippen LogP contribution >= 0.6 is 23.6 Å². The molecule has 104 valence electrons. The Labute approximate surface area is 129 Å². The van der Waals surface area contributed by atoms with Gasteiger partial charge in [0.25, 0.3) is 5.91 Å². The first-order valence-corrected chi connectivity index (χ1v) is 7.29. The van der Waals surface area contributed by atoms with Crippen molar-refractivity contribution >= 4 is 49.8 Å². The van der Waals surface area contributed by atoms with Crippen molar-refractivity contribution in [2.45, 2.75) is 0 Å². The molecule has 1 amide bonds. The third-order valence-electron chi connectivity index (χ3n) is 2.79. The molecule has 3 aromatic rings. The van der Waals surface area contributed by atoms with Crippen LogP contribution in [0, 0.1) is 0 Å². The zero-order chi connectivity index (χ0) is 14.8. The molecule has 3 rings (SSSR count). The molecule has 0 fully saturated rings. The molecule has 5 nitrogen and oxygen atoms in total. The number of thiazole rings is 1. The van der Waals surface area contributed by atoms with Crippen LogP contribution in [-0.2, 0) is 0 Å². The number of pyridine rings is 1. The molecule has 1 aromatic carbocycles. The third kappa shape index (κ3) is 2.88. The van der Waals surface area contributed by atoms with Crippen LogP contribution in [0.1, 0.15) is 16.1 Å². The van der Waals surface area contributed by atoms with E-state index in [4.69, 9.17) is 18.0 Å². The molecule has 0 radical (unpaired) electrons. The van der Waals surface area contributed by atoms with E-state index in [-0.39, 0.29) is 16.6 Å². The van der Waals surface area contributed by atoms with Gasteiger partial charge in [-0.25, -0.2) is 4.98 Å². The van der Waals surface area contributed by atoms with Gasteiger partial charge in [-0.1, -0.05) is 35.7 Å². The molecule has 0 bridgehead atoms. The summed E-state index contributed by atoms with van der Waals surface area (Å²) in [6, 6.07) is 10.9.